The molecule has 16 heteroatoms. The molecule has 2 aromatic heterocycles. The Balaban J connectivity index is 1.57. The number of anilines is 1. The van der Waals surface area contributed by atoms with Crippen molar-refractivity contribution in [1.29, 1.82) is 0 Å². The summed E-state index contributed by atoms with van der Waals surface area (Å²) in [6, 6.07) is 8.79. The van der Waals surface area contributed by atoms with Crippen LogP contribution in [0.1, 0.15) is 21.5 Å². The van der Waals surface area contributed by atoms with E-state index in [0.717, 1.165) is 0 Å². The lowest BCUT2D eigenvalue weighted by Crippen LogP contribution is -2.36. The van der Waals surface area contributed by atoms with Crippen molar-refractivity contribution < 1.29 is 40.4 Å². The number of nitrogens with zero attached hydrogens (tertiary/aromatic N) is 3. The lowest BCUT2D eigenvalue weighted by atomic mass is 10.1. The van der Waals surface area contributed by atoms with Crippen LogP contribution in [0.4, 0.5) is 19.0 Å². The molecule has 0 aliphatic carbocycles. The first-order valence-electron chi connectivity index (χ1n) is 11.1. The van der Waals surface area contributed by atoms with Gasteiger partial charge in [0.15, 0.2) is 11.4 Å². The molecule has 4 rings (SSSR count). The molecule has 0 saturated heterocycles. The summed E-state index contributed by atoms with van der Waals surface area (Å²) in [4.78, 5) is 22.9. The highest BCUT2D eigenvalue weighted by Gasteiger charge is 2.38. The molecule has 206 valence electrons. The lowest BCUT2D eigenvalue weighted by molar-refractivity contribution is -0.173. The molecular formula is C23H21F3N6O6S. The Hall–Kier alpha value is -4.60. The number of nitrogens with one attached hydrogen (secondary N) is 3. The van der Waals surface area contributed by atoms with E-state index in [-0.39, 0.29) is 46.1 Å². The highest BCUT2D eigenvalue weighted by atomic mass is 32.2. The van der Waals surface area contributed by atoms with Crippen molar-refractivity contribution in [2.45, 2.75) is 24.2 Å². The minimum absolute atomic E-state index is 0.0638. The second-order valence-corrected chi connectivity index (χ2v) is 9.76. The molecule has 12 nitrogen and oxygen atoms in total. The number of hydrogen-bond donors (Lipinski definition) is 3. The molecule has 39 heavy (non-hydrogen) atoms. The van der Waals surface area contributed by atoms with Crippen molar-refractivity contribution in [3.8, 4) is 5.75 Å². The van der Waals surface area contributed by atoms with Gasteiger partial charge in [-0.1, -0.05) is 17.3 Å². The van der Waals surface area contributed by atoms with Crippen molar-refractivity contribution in [1.82, 2.24) is 25.6 Å². The minimum Gasteiger partial charge on any atom is -0.496 e. The standard InChI is InChI=1S/C23H21F3N6O6S/c1-27-21(33)15-5-3-4-6-18(15)39(35,36)31-20-19-16(37-2)7-13(8-17(19)38-30-20)11-32-12-14(10-29-32)9-28-22(34)23(24,25)26/h3-8,10,12H,9,11H2,1-2H3,(H,27,33)(H,28,34)(H,30,31). The molecule has 3 N–H and O–H groups in total. The number of halogens is 3. The van der Waals surface area contributed by atoms with Gasteiger partial charge in [-0.3, -0.25) is 19.0 Å². The van der Waals surface area contributed by atoms with Gasteiger partial charge in [0.05, 0.1) is 25.4 Å². The first-order chi connectivity index (χ1) is 18.4. The fraction of sp³-hybridized carbons (Fsp3) is 0.217. The first kappa shape index (κ1) is 27.4. The number of benzene rings is 2. The average molecular weight is 567 g/mol. The number of alkyl halides is 3. The molecule has 0 saturated carbocycles. The Labute approximate surface area is 219 Å². The zero-order valence-electron chi connectivity index (χ0n) is 20.4. The molecule has 0 fully saturated rings. The number of rotatable bonds is 9. The SMILES string of the molecule is CNC(=O)c1ccccc1S(=O)(=O)Nc1noc2cc(Cn3cc(CNC(=O)C(F)(F)F)cn3)cc(OC)c12. The summed E-state index contributed by atoms with van der Waals surface area (Å²) in [5, 5.41) is 12.3. The van der Waals surface area contributed by atoms with E-state index in [1.54, 1.807) is 17.4 Å². The van der Waals surface area contributed by atoms with E-state index in [9.17, 15) is 31.2 Å². The van der Waals surface area contributed by atoms with Crippen molar-refractivity contribution in [3.63, 3.8) is 0 Å². The maximum Gasteiger partial charge on any atom is 0.471 e. The van der Waals surface area contributed by atoms with E-state index < -0.39 is 28.0 Å². The van der Waals surface area contributed by atoms with Crippen LogP contribution in [0, 0.1) is 0 Å². The normalized spacial score (nSPS) is 11.8. The summed E-state index contributed by atoms with van der Waals surface area (Å²) >= 11 is 0. The molecule has 0 aliphatic heterocycles. The summed E-state index contributed by atoms with van der Waals surface area (Å²) < 4.78 is 77.9. The van der Waals surface area contributed by atoms with E-state index in [1.165, 1.54) is 55.5 Å². The van der Waals surface area contributed by atoms with Crippen molar-refractivity contribution in [2.24, 2.45) is 0 Å². The Morgan fingerprint density at radius 3 is 2.59 bits per heavy atom. The third-order valence-electron chi connectivity index (χ3n) is 5.44. The number of fused-ring (bicyclic) bond motifs is 1. The molecule has 0 spiro atoms. The van der Waals surface area contributed by atoms with Gasteiger partial charge in [0.25, 0.3) is 15.9 Å². The number of amides is 2. The van der Waals surface area contributed by atoms with E-state index >= 15 is 0 Å². The van der Waals surface area contributed by atoms with Gasteiger partial charge in [0.1, 0.15) is 16.0 Å². The van der Waals surface area contributed by atoms with Crippen LogP contribution >= 0.6 is 0 Å². The van der Waals surface area contributed by atoms with Gasteiger partial charge in [-0.05, 0) is 29.8 Å². The number of sulfonamides is 1. The molecule has 2 heterocycles. The van der Waals surface area contributed by atoms with Gasteiger partial charge < -0.3 is 19.9 Å². The van der Waals surface area contributed by atoms with Gasteiger partial charge in [-0.25, -0.2) is 8.42 Å². The zero-order chi connectivity index (χ0) is 28.4. The van der Waals surface area contributed by atoms with Gasteiger partial charge in [-0.2, -0.15) is 18.3 Å². The van der Waals surface area contributed by atoms with E-state index in [2.05, 4.69) is 20.3 Å². The monoisotopic (exact) mass is 566 g/mol. The Morgan fingerprint density at radius 1 is 1.15 bits per heavy atom. The molecule has 4 aromatic rings. The molecule has 0 atom stereocenters. The van der Waals surface area contributed by atoms with Gasteiger partial charge >= 0.3 is 12.1 Å². The summed E-state index contributed by atoms with van der Waals surface area (Å²) in [7, 11) is -1.53. The van der Waals surface area contributed by atoms with Crippen molar-refractivity contribution in [3.05, 3.63) is 65.5 Å². The molecule has 2 aromatic carbocycles. The third-order valence-corrected chi connectivity index (χ3v) is 6.84. The zero-order valence-corrected chi connectivity index (χ0v) is 21.2. The van der Waals surface area contributed by atoms with E-state index in [1.807, 2.05) is 0 Å². The molecule has 0 radical (unpaired) electrons. The number of ether oxygens (including phenoxy) is 1. The second-order valence-electron chi connectivity index (χ2n) is 8.11. The molecule has 0 unspecified atom stereocenters. The van der Waals surface area contributed by atoms with Crippen LogP contribution in [-0.2, 0) is 27.9 Å². The number of hydrogen-bond acceptors (Lipinski definition) is 8. The molecular weight excluding hydrogens is 545 g/mol. The third kappa shape index (κ3) is 5.95. The van der Waals surface area contributed by atoms with E-state index in [0.29, 0.717) is 11.1 Å². The minimum atomic E-state index is -4.99. The van der Waals surface area contributed by atoms with Crippen LogP contribution in [0.5, 0.6) is 5.75 Å². The first-order valence-corrected chi connectivity index (χ1v) is 12.6. The number of methoxy groups -OCH3 is 1. The van der Waals surface area contributed by atoms with Crippen LogP contribution in [0.3, 0.4) is 0 Å². The highest BCUT2D eigenvalue weighted by Crippen LogP contribution is 2.35. The number of aromatic nitrogens is 3. The lowest BCUT2D eigenvalue weighted by Gasteiger charge is -2.11. The maximum atomic E-state index is 13.1. The van der Waals surface area contributed by atoms with Gasteiger partial charge in [0.2, 0.25) is 0 Å². The average Bonchev–Trinajstić information content (AvgIpc) is 3.52. The Morgan fingerprint density at radius 2 is 1.90 bits per heavy atom. The van der Waals surface area contributed by atoms with Crippen LogP contribution in [0.2, 0.25) is 0 Å². The smallest absolute Gasteiger partial charge is 0.471 e. The largest absolute Gasteiger partial charge is 0.496 e. The van der Waals surface area contributed by atoms with Gasteiger partial charge in [-0.15, -0.1) is 0 Å². The summed E-state index contributed by atoms with van der Waals surface area (Å²) in [6.45, 7) is -0.226. The highest BCUT2D eigenvalue weighted by molar-refractivity contribution is 7.92. The molecule has 0 bridgehead atoms. The second kappa shape index (κ2) is 10.6. The fourth-order valence-electron chi connectivity index (χ4n) is 3.67. The topological polar surface area (TPSA) is 157 Å². The van der Waals surface area contributed by atoms with Crippen LogP contribution in [-0.4, -0.2) is 55.5 Å². The van der Waals surface area contributed by atoms with Gasteiger partial charge in [0, 0.05) is 25.4 Å². The molecule has 0 aliphatic rings. The summed E-state index contributed by atoms with van der Waals surface area (Å²) in [5.74, 6) is -2.60. The van der Waals surface area contributed by atoms with E-state index in [4.69, 9.17) is 9.26 Å². The molecule has 2 amide bonds. The van der Waals surface area contributed by atoms with Crippen molar-refractivity contribution in [2.75, 3.05) is 18.9 Å². The summed E-state index contributed by atoms with van der Waals surface area (Å²) in [6.07, 6.45) is -2.22. The fourth-order valence-corrected chi connectivity index (χ4v) is 4.88. The van der Waals surface area contributed by atoms with Crippen molar-refractivity contribution >= 4 is 38.6 Å². The predicted octanol–water partition coefficient (Wildman–Crippen LogP) is 2.42. The summed E-state index contributed by atoms with van der Waals surface area (Å²) in [5.41, 5.74) is 1.04. The number of carbonyl (C=O) groups excluding carboxylic acids is 2. The van der Waals surface area contributed by atoms with Crippen LogP contribution in [0.25, 0.3) is 11.0 Å². The maximum absolute atomic E-state index is 13.1. The van der Waals surface area contributed by atoms with Crippen LogP contribution in [0.15, 0.2) is 58.2 Å². The number of carbonyl (C=O) groups is 2. The Kier molecular flexibility index (Phi) is 7.49. The van der Waals surface area contributed by atoms with Crippen LogP contribution < -0.4 is 20.1 Å². The Bertz CT molecular complexity index is 1650. The predicted molar refractivity (Wildman–Crippen MR) is 130 cm³/mol. The quantitative estimate of drug-likeness (QED) is 0.279.